The molecule has 0 spiro atoms. The molecule has 3 heterocycles. The fourth-order valence-electron chi connectivity index (χ4n) is 1.53. The molecule has 3 rings (SSSR count). The zero-order valence-electron chi connectivity index (χ0n) is 8.48. The Kier molecular flexibility index (Phi) is 2.53. The molecule has 0 aliphatic carbocycles. The molecule has 0 amide bonds. The van der Waals surface area contributed by atoms with E-state index in [1.807, 2.05) is 23.6 Å². The van der Waals surface area contributed by atoms with Gasteiger partial charge in [0.2, 0.25) is 0 Å². The highest BCUT2D eigenvalue weighted by Crippen LogP contribution is 2.19. The van der Waals surface area contributed by atoms with Crippen LogP contribution in [0.3, 0.4) is 0 Å². The van der Waals surface area contributed by atoms with Gasteiger partial charge < -0.3 is 4.98 Å². The highest BCUT2D eigenvalue weighted by Gasteiger charge is 2.07. The van der Waals surface area contributed by atoms with E-state index in [1.165, 1.54) is 11.3 Å². The lowest BCUT2D eigenvalue weighted by Gasteiger charge is -2.00. The minimum atomic E-state index is -0.131. The number of nitrogens with one attached hydrogen (secondary N) is 1. The molecular weight excluding hydrogens is 302 g/mol. The van der Waals surface area contributed by atoms with Crippen LogP contribution in [0.1, 0.15) is 0 Å². The molecule has 17 heavy (non-hydrogen) atoms. The number of fused-ring (bicyclic) bond motifs is 1. The molecule has 0 atom stereocenters. The molecule has 0 saturated carbocycles. The molecule has 0 aromatic carbocycles. The van der Waals surface area contributed by atoms with Crippen LogP contribution in [0.5, 0.6) is 0 Å². The SMILES string of the molecule is O=c1[nH]c(-c2cccc(Br)n2)nc2sccc12. The van der Waals surface area contributed by atoms with Gasteiger partial charge in [0.15, 0.2) is 5.82 Å². The molecule has 0 saturated heterocycles. The summed E-state index contributed by atoms with van der Waals surface area (Å²) in [6.07, 6.45) is 0. The van der Waals surface area contributed by atoms with Crippen molar-refractivity contribution in [2.45, 2.75) is 0 Å². The van der Waals surface area contributed by atoms with Gasteiger partial charge in [-0.2, -0.15) is 0 Å². The van der Waals surface area contributed by atoms with Gasteiger partial charge in [0, 0.05) is 0 Å². The number of thiophene rings is 1. The molecule has 3 aromatic heterocycles. The number of pyridine rings is 1. The van der Waals surface area contributed by atoms with Gasteiger partial charge in [-0.1, -0.05) is 6.07 Å². The molecule has 0 fully saturated rings. The molecule has 84 valence electrons. The van der Waals surface area contributed by atoms with Crippen molar-refractivity contribution in [1.82, 2.24) is 15.0 Å². The minimum Gasteiger partial charge on any atom is -0.305 e. The van der Waals surface area contributed by atoms with Gasteiger partial charge >= 0.3 is 0 Å². The van der Waals surface area contributed by atoms with Crippen molar-refractivity contribution >= 4 is 37.5 Å². The van der Waals surface area contributed by atoms with Crippen LogP contribution in [-0.2, 0) is 0 Å². The van der Waals surface area contributed by atoms with Gasteiger partial charge in [-0.25, -0.2) is 9.97 Å². The van der Waals surface area contributed by atoms with E-state index in [2.05, 4.69) is 30.9 Å². The summed E-state index contributed by atoms with van der Waals surface area (Å²) in [6.45, 7) is 0. The van der Waals surface area contributed by atoms with Crippen LogP contribution < -0.4 is 5.56 Å². The summed E-state index contributed by atoms with van der Waals surface area (Å²) in [7, 11) is 0. The van der Waals surface area contributed by atoms with Crippen LogP contribution >= 0.6 is 27.3 Å². The van der Waals surface area contributed by atoms with Crippen molar-refractivity contribution in [2.75, 3.05) is 0 Å². The number of nitrogens with zero attached hydrogens (tertiary/aromatic N) is 2. The van der Waals surface area contributed by atoms with E-state index in [9.17, 15) is 4.79 Å². The zero-order chi connectivity index (χ0) is 11.8. The van der Waals surface area contributed by atoms with Crippen molar-refractivity contribution < 1.29 is 0 Å². The second kappa shape index (κ2) is 4.05. The second-order valence-corrected chi connectivity index (χ2v) is 5.11. The zero-order valence-corrected chi connectivity index (χ0v) is 10.9. The second-order valence-electron chi connectivity index (χ2n) is 3.40. The minimum absolute atomic E-state index is 0.131. The number of hydrogen-bond acceptors (Lipinski definition) is 4. The van der Waals surface area contributed by atoms with Gasteiger partial charge in [0.05, 0.1) is 5.39 Å². The first-order valence-electron chi connectivity index (χ1n) is 4.84. The van der Waals surface area contributed by atoms with E-state index in [-0.39, 0.29) is 5.56 Å². The first kappa shape index (κ1) is 10.6. The average Bonchev–Trinajstić information content (AvgIpc) is 2.77. The van der Waals surface area contributed by atoms with E-state index >= 15 is 0 Å². The van der Waals surface area contributed by atoms with E-state index in [1.54, 1.807) is 6.07 Å². The van der Waals surface area contributed by atoms with Crippen LogP contribution in [0.2, 0.25) is 0 Å². The van der Waals surface area contributed by atoms with Gasteiger partial charge in [-0.15, -0.1) is 11.3 Å². The summed E-state index contributed by atoms with van der Waals surface area (Å²) in [4.78, 5) is 23.9. The highest BCUT2D eigenvalue weighted by atomic mass is 79.9. The largest absolute Gasteiger partial charge is 0.305 e. The Bertz CT molecular complexity index is 750. The monoisotopic (exact) mass is 307 g/mol. The third kappa shape index (κ3) is 1.89. The van der Waals surface area contributed by atoms with Crippen LogP contribution in [0.25, 0.3) is 21.7 Å². The average molecular weight is 308 g/mol. The third-order valence-corrected chi connectivity index (χ3v) is 3.54. The first-order valence-corrected chi connectivity index (χ1v) is 6.52. The molecule has 0 aliphatic rings. The molecule has 3 aromatic rings. The molecule has 1 N–H and O–H groups in total. The standard InChI is InChI=1S/C11H6BrN3OS/c12-8-3-1-2-7(13-8)9-14-10(16)6-4-5-17-11(6)15-9/h1-5H,(H,14,15,16). The molecule has 0 aliphatic heterocycles. The summed E-state index contributed by atoms with van der Waals surface area (Å²) in [5, 5.41) is 2.47. The molecule has 4 nitrogen and oxygen atoms in total. The van der Waals surface area contributed by atoms with Gasteiger partial charge in [0.25, 0.3) is 5.56 Å². The van der Waals surface area contributed by atoms with E-state index < -0.39 is 0 Å². The van der Waals surface area contributed by atoms with E-state index in [0.29, 0.717) is 21.5 Å². The van der Waals surface area contributed by atoms with Gasteiger partial charge in [-0.3, -0.25) is 4.79 Å². The van der Waals surface area contributed by atoms with Crippen molar-refractivity contribution in [3.63, 3.8) is 0 Å². The van der Waals surface area contributed by atoms with Crippen LogP contribution in [0.4, 0.5) is 0 Å². The van der Waals surface area contributed by atoms with Crippen LogP contribution in [0.15, 0.2) is 39.0 Å². The van der Waals surface area contributed by atoms with Gasteiger partial charge in [-0.05, 0) is 39.5 Å². The summed E-state index contributed by atoms with van der Waals surface area (Å²) in [5.74, 6) is 0.492. The Hall–Kier alpha value is -1.53. The fraction of sp³-hybridized carbons (Fsp3) is 0. The maximum Gasteiger partial charge on any atom is 0.259 e. The predicted octanol–water partition coefficient (Wildman–Crippen LogP) is 2.81. The molecule has 0 unspecified atom stereocenters. The Morgan fingerprint density at radius 1 is 1.24 bits per heavy atom. The van der Waals surface area contributed by atoms with Crippen molar-refractivity contribution in [1.29, 1.82) is 0 Å². The van der Waals surface area contributed by atoms with Crippen LogP contribution in [-0.4, -0.2) is 15.0 Å². The summed E-state index contributed by atoms with van der Waals surface area (Å²) in [6, 6.07) is 7.25. The van der Waals surface area contributed by atoms with Gasteiger partial charge in [0.1, 0.15) is 15.1 Å². The summed E-state index contributed by atoms with van der Waals surface area (Å²) in [5.41, 5.74) is 0.514. The van der Waals surface area contributed by atoms with Crippen molar-refractivity contribution in [2.24, 2.45) is 0 Å². The highest BCUT2D eigenvalue weighted by molar-refractivity contribution is 9.10. The Morgan fingerprint density at radius 2 is 2.12 bits per heavy atom. The lowest BCUT2D eigenvalue weighted by atomic mass is 10.3. The van der Waals surface area contributed by atoms with Crippen LogP contribution in [0, 0.1) is 0 Å². The number of hydrogen-bond donors (Lipinski definition) is 1. The topological polar surface area (TPSA) is 58.6 Å². The number of aromatic nitrogens is 3. The van der Waals surface area contributed by atoms with Crippen molar-refractivity contribution in [3.05, 3.63) is 44.6 Å². The summed E-state index contributed by atoms with van der Waals surface area (Å²) >= 11 is 4.74. The lowest BCUT2D eigenvalue weighted by Crippen LogP contribution is -2.08. The molecule has 0 bridgehead atoms. The summed E-state index contributed by atoms with van der Waals surface area (Å²) < 4.78 is 0.712. The Morgan fingerprint density at radius 3 is 2.94 bits per heavy atom. The quantitative estimate of drug-likeness (QED) is 0.703. The predicted molar refractivity (Wildman–Crippen MR) is 71.2 cm³/mol. The first-order chi connectivity index (χ1) is 8.24. The molecule has 0 radical (unpaired) electrons. The fourth-order valence-corrected chi connectivity index (χ4v) is 2.63. The normalized spacial score (nSPS) is 10.9. The lowest BCUT2D eigenvalue weighted by molar-refractivity contribution is 1.14. The number of aromatic amines is 1. The molecular formula is C11H6BrN3OS. The Labute approximate surface area is 108 Å². The maximum atomic E-state index is 11.8. The number of rotatable bonds is 1. The van der Waals surface area contributed by atoms with E-state index in [0.717, 1.165) is 4.83 Å². The maximum absolute atomic E-state index is 11.8. The molecule has 6 heteroatoms. The van der Waals surface area contributed by atoms with Crippen molar-refractivity contribution in [3.8, 4) is 11.5 Å². The smallest absolute Gasteiger partial charge is 0.259 e. The number of halogens is 1. The number of H-pyrrole nitrogens is 1. The van der Waals surface area contributed by atoms with E-state index in [4.69, 9.17) is 0 Å². The Balaban J connectivity index is 2.27. The third-order valence-electron chi connectivity index (χ3n) is 2.29.